The number of ether oxygens (including phenoxy) is 1. The molecule has 7 nitrogen and oxygen atoms in total. The minimum atomic E-state index is -0.522. The van der Waals surface area contributed by atoms with Crippen molar-refractivity contribution >= 4 is 5.97 Å². The van der Waals surface area contributed by atoms with E-state index >= 15 is 0 Å². The molecule has 0 bridgehead atoms. The van der Waals surface area contributed by atoms with E-state index in [0.717, 1.165) is 5.69 Å². The molecule has 7 heteroatoms. The first kappa shape index (κ1) is 13.0. The van der Waals surface area contributed by atoms with Crippen molar-refractivity contribution in [2.45, 2.75) is 6.92 Å². The Bertz CT molecular complexity index is 748. The van der Waals surface area contributed by atoms with Gasteiger partial charge in [0.25, 0.3) is 0 Å². The zero-order valence-electron chi connectivity index (χ0n) is 11.4. The molecule has 0 fully saturated rings. The molecule has 2 aromatic heterocycles. The van der Waals surface area contributed by atoms with E-state index in [4.69, 9.17) is 4.74 Å². The number of H-pyrrole nitrogens is 1. The van der Waals surface area contributed by atoms with Gasteiger partial charge in [-0.05, 0) is 19.1 Å². The van der Waals surface area contributed by atoms with Gasteiger partial charge >= 0.3 is 5.97 Å². The summed E-state index contributed by atoms with van der Waals surface area (Å²) < 4.78 is 6.58. The third kappa shape index (κ3) is 2.66. The topological polar surface area (TPSA) is 85.7 Å². The van der Waals surface area contributed by atoms with E-state index in [0.29, 0.717) is 18.0 Å². The second-order valence-electron chi connectivity index (χ2n) is 4.24. The van der Waals surface area contributed by atoms with Gasteiger partial charge < -0.3 is 4.74 Å². The molecule has 2 heterocycles. The largest absolute Gasteiger partial charge is 0.460 e. The van der Waals surface area contributed by atoms with Crippen LogP contribution in [-0.4, -0.2) is 37.5 Å². The first-order valence-corrected chi connectivity index (χ1v) is 6.48. The quantitative estimate of drug-likeness (QED) is 0.738. The van der Waals surface area contributed by atoms with Crippen molar-refractivity contribution in [3.63, 3.8) is 0 Å². The number of rotatable bonds is 4. The average molecular weight is 283 g/mol. The van der Waals surface area contributed by atoms with Gasteiger partial charge in [0.05, 0.1) is 24.1 Å². The van der Waals surface area contributed by atoms with Crippen LogP contribution in [0, 0.1) is 0 Å². The fraction of sp³-hybridized carbons (Fsp3) is 0.143. The number of nitrogens with one attached hydrogen (secondary N) is 1. The van der Waals surface area contributed by atoms with Gasteiger partial charge in [0.2, 0.25) is 5.82 Å². The molecule has 21 heavy (non-hydrogen) atoms. The monoisotopic (exact) mass is 283 g/mol. The highest BCUT2D eigenvalue weighted by Gasteiger charge is 2.15. The Morgan fingerprint density at radius 2 is 2.14 bits per heavy atom. The van der Waals surface area contributed by atoms with Crippen molar-refractivity contribution in [2.75, 3.05) is 6.61 Å². The second-order valence-corrected chi connectivity index (χ2v) is 4.24. The van der Waals surface area contributed by atoms with Crippen LogP contribution < -0.4 is 0 Å². The van der Waals surface area contributed by atoms with E-state index in [1.807, 2.05) is 30.3 Å². The van der Waals surface area contributed by atoms with Crippen LogP contribution in [0.2, 0.25) is 0 Å². The van der Waals surface area contributed by atoms with Crippen LogP contribution in [0.4, 0.5) is 0 Å². The molecule has 0 amide bonds. The first-order chi connectivity index (χ1) is 10.3. The predicted molar refractivity (Wildman–Crippen MR) is 74.9 cm³/mol. The van der Waals surface area contributed by atoms with Crippen molar-refractivity contribution in [3.05, 3.63) is 48.5 Å². The van der Waals surface area contributed by atoms with Gasteiger partial charge in [-0.3, -0.25) is 5.10 Å². The molecular weight excluding hydrogens is 270 g/mol. The minimum Gasteiger partial charge on any atom is -0.460 e. The van der Waals surface area contributed by atoms with Gasteiger partial charge in [0, 0.05) is 6.20 Å². The highest BCUT2D eigenvalue weighted by atomic mass is 16.5. The molecule has 0 radical (unpaired) electrons. The number of hydrogen-bond donors (Lipinski definition) is 1. The number of aromatic nitrogens is 5. The van der Waals surface area contributed by atoms with E-state index in [1.165, 1.54) is 0 Å². The molecule has 3 aromatic rings. The molecule has 1 N–H and O–H groups in total. The van der Waals surface area contributed by atoms with Crippen LogP contribution in [-0.2, 0) is 4.74 Å². The van der Waals surface area contributed by atoms with Gasteiger partial charge in [-0.2, -0.15) is 10.2 Å². The highest BCUT2D eigenvalue weighted by molar-refractivity contribution is 5.85. The standard InChI is InChI=1S/C14H13N5O2/c1-2-21-14(20)13-16-12(17-18-13)10-8-15-19(9-10)11-6-4-3-5-7-11/h3-9H,2H2,1H3,(H,16,17,18). The maximum atomic E-state index is 11.5. The summed E-state index contributed by atoms with van der Waals surface area (Å²) in [6.07, 6.45) is 3.44. The minimum absolute atomic E-state index is 0.0827. The molecule has 0 spiro atoms. The zero-order chi connectivity index (χ0) is 14.7. The summed E-state index contributed by atoms with van der Waals surface area (Å²) in [5, 5.41) is 10.8. The van der Waals surface area contributed by atoms with Crippen molar-refractivity contribution < 1.29 is 9.53 Å². The normalized spacial score (nSPS) is 10.5. The Hall–Kier alpha value is -2.96. The molecule has 0 unspecified atom stereocenters. The smallest absolute Gasteiger partial charge is 0.375 e. The predicted octanol–water partition coefficient (Wildman–Crippen LogP) is 1.83. The lowest BCUT2D eigenvalue weighted by Crippen LogP contribution is -2.06. The fourth-order valence-electron chi connectivity index (χ4n) is 1.84. The molecular formula is C14H13N5O2. The van der Waals surface area contributed by atoms with Crippen molar-refractivity contribution in [2.24, 2.45) is 0 Å². The summed E-state index contributed by atoms with van der Waals surface area (Å²) in [4.78, 5) is 15.7. The van der Waals surface area contributed by atoms with Crippen LogP contribution in [0.1, 0.15) is 17.5 Å². The number of carbonyl (C=O) groups is 1. The van der Waals surface area contributed by atoms with Crippen molar-refractivity contribution in [1.82, 2.24) is 25.0 Å². The number of carbonyl (C=O) groups excluding carboxylic acids is 1. The maximum Gasteiger partial charge on any atom is 0.375 e. The van der Waals surface area contributed by atoms with E-state index in [-0.39, 0.29) is 5.82 Å². The third-order valence-corrected chi connectivity index (χ3v) is 2.82. The van der Waals surface area contributed by atoms with Crippen molar-refractivity contribution in [1.29, 1.82) is 0 Å². The second kappa shape index (κ2) is 5.58. The van der Waals surface area contributed by atoms with Crippen LogP contribution in [0.3, 0.4) is 0 Å². The van der Waals surface area contributed by atoms with Crippen LogP contribution in [0.25, 0.3) is 17.1 Å². The Kier molecular flexibility index (Phi) is 3.46. The lowest BCUT2D eigenvalue weighted by molar-refractivity contribution is 0.0512. The number of nitrogens with zero attached hydrogens (tertiary/aromatic N) is 4. The molecule has 0 aliphatic carbocycles. The molecule has 0 aliphatic heterocycles. The lowest BCUT2D eigenvalue weighted by atomic mass is 10.3. The molecule has 0 saturated carbocycles. The lowest BCUT2D eigenvalue weighted by Gasteiger charge is -1.98. The maximum absolute atomic E-state index is 11.5. The Morgan fingerprint density at radius 1 is 1.33 bits per heavy atom. The van der Waals surface area contributed by atoms with Crippen molar-refractivity contribution in [3.8, 4) is 17.1 Å². The van der Waals surface area contributed by atoms with Crippen LogP contribution in [0.15, 0.2) is 42.7 Å². The zero-order valence-corrected chi connectivity index (χ0v) is 11.4. The molecule has 1 aromatic carbocycles. The molecule has 0 atom stereocenters. The Morgan fingerprint density at radius 3 is 2.90 bits per heavy atom. The van der Waals surface area contributed by atoms with Gasteiger partial charge in [0.15, 0.2) is 5.82 Å². The fourth-order valence-corrected chi connectivity index (χ4v) is 1.84. The van der Waals surface area contributed by atoms with Crippen LogP contribution in [0.5, 0.6) is 0 Å². The van der Waals surface area contributed by atoms with Crippen LogP contribution >= 0.6 is 0 Å². The third-order valence-electron chi connectivity index (χ3n) is 2.82. The Labute approximate surface area is 120 Å². The summed E-state index contributed by atoms with van der Waals surface area (Å²) in [5.74, 6) is -0.0359. The summed E-state index contributed by atoms with van der Waals surface area (Å²) in [6, 6.07) is 9.69. The number of aromatic amines is 1. The SMILES string of the molecule is CCOC(=O)c1nc(-c2cnn(-c3ccccc3)c2)n[nH]1. The molecule has 0 saturated heterocycles. The summed E-state index contributed by atoms with van der Waals surface area (Å²) in [7, 11) is 0. The van der Waals surface area contributed by atoms with Gasteiger partial charge in [-0.1, -0.05) is 18.2 Å². The number of esters is 1. The van der Waals surface area contributed by atoms with E-state index in [9.17, 15) is 4.79 Å². The van der Waals surface area contributed by atoms with Gasteiger partial charge in [-0.25, -0.2) is 14.5 Å². The molecule has 3 rings (SSSR count). The summed E-state index contributed by atoms with van der Waals surface area (Å²) in [5.41, 5.74) is 1.65. The number of para-hydroxylation sites is 1. The first-order valence-electron chi connectivity index (χ1n) is 6.48. The average Bonchev–Trinajstić information content (AvgIpc) is 3.17. The Balaban J connectivity index is 1.85. The summed E-state index contributed by atoms with van der Waals surface area (Å²) in [6.45, 7) is 2.03. The molecule has 0 aliphatic rings. The van der Waals surface area contributed by atoms with Gasteiger partial charge in [0.1, 0.15) is 0 Å². The van der Waals surface area contributed by atoms with E-state index in [1.54, 1.807) is 24.0 Å². The number of benzene rings is 1. The number of hydrogen-bond acceptors (Lipinski definition) is 5. The van der Waals surface area contributed by atoms with E-state index < -0.39 is 5.97 Å². The highest BCUT2D eigenvalue weighted by Crippen LogP contribution is 2.16. The summed E-state index contributed by atoms with van der Waals surface area (Å²) >= 11 is 0. The van der Waals surface area contributed by atoms with Gasteiger partial charge in [-0.15, -0.1) is 0 Å². The van der Waals surface area contributed by atoms with E-state index in [2.05, 4.69) is 20.3 Å². The molecule has 106 valence electrons.